The van der Waals surface area contributed by atoms with E-state index in [4.69, 9.17) is 27.9 Å². The first kappa shape index (κ1) is 21.7. The number of carbonyl (C=O) groups is 2. The van der Waals surface area contributed by atoms with Crippen LogP contribution in [0.15, 0.2) is 71.6 Å². The fourth-order valence-electron chi connectivity index (χ4n) is 4.33. The molecular weight excluding hydrogens is 433 g/mol. The zero-order chi connectivity index (χ0) is 22.0. The molecule has 0 aromatic heterocycles. The molecule has 0 fully saturated rings. The maximum absolute atomic E-state index is 13.2. The third-order valence-corrected chi connectivity index (χ3v) is 6.55. The van der Waals surface area contributed by atoms with Crippen molar-refractivity contribution >= 4 is 35.0 Å². The minimum Gasteiger partial charge on any atom is -0.462 e. The van der Waals surface area contributed by atoms with Gasteiger partial charge >= 0.3 is 5.97 Å². The van der Waals surface area contributed by atoms with Crippen molar-refractivity contribution in [3.8, 4) is 0 Å². The number of benzene rings is 2. The molecule has 0 saturated carbocycles. The highest BCUT2D eigenvalue weighted by molar-refractivity contribution is 6.42. The van der Waals surface area contributed by atoms with Gasteiger partial charge in [-0.05, 0) is 36.6 Å². The summed E-state index contributed by atoms with van der Waals surface area (Å²) in [4.78, 5) is 26.1. The Hall–Kier alpha value is -2.56. The molecule has 0 saturated heterocycles. The molecule has 1 aliphatic carbocycles. The average molecular weight is 456 g/mol. The van der Waals surface area contributed by atoms with Gasteiger partial charge in [0.1, 0.15) is 5.78 Å². The Kier molecular flexibility index (Phi) is 6.49. The lowest BCUT2D eigenvalue weighted by molar-refractivity contribution is -0.139. The van der Waals surface area contributed by atoms with Crippen molar-refractivity contribution in [3.63, 3.8) is 0 Å². The Bertz CT molecular complexity index is 1080. The molecule has 31 heavy (non-hydrogen) atoms. The topological polar surface area (TPSA) is 55.4 Å². The number of hydrogen-bond donors (Lipinski definition) is 1. The van der Waals surface area contributed by atoms with Crippen LogP contribution in [0.1, 0.15) is 36.8 Å². The maximum Gasteiger partial charge on any atom is 0.336 e. The molecule has 0 amide bonds. The molecule has 0 radical (unpaired) electrons. The van der Waals surface area contributed by atoms with Crippen molar-refractivity contribution in [2.24, 2.45) is 5.92 Å². The molecule has 2 aromatic carbocycles. The van der Waals surface area contributed by atoms with Crippen LogP contribution in [-0.2, 0) is 20.7 Å². The minimum absolute atomic E-state index is 0.100. The zero-order valence-electron chi connectivity index (χ0n) is 17.2. The number of ketones is 1. The molecule has 6 heteroatoms. The summed E-state index contributed by atoms with van der Waals surface area (Å²) in [6.45, 7) is 2.10. The molecule has 4 rings (SSSR count). The molecular formula is C25H23Cl2NO3. The van der Waals surface area contributed by atoms with Gasteiger partial charge in [0.25, 0.3) is 0 Å². The molecule has 1 N–H and O–H groups in total. The third-order valence-electron chi connectivity index (χ3n) is 5.81. The summed E-state index contributed by atoms with van der Waals surface area (Å²) in [5.74, 6) is -1.26. The summed E-state index contributed by atoms with van der Waals surface area (Å²) in [5, 5.41) is 4.09. The van der Waals surface area contributed by atoms with Gasteiger partial charge in [-0.3, -0.25) is 4.79 Å². The van der Waals surface area contributed by atoms with Crippen LogP contribution in [0.5, 0.6) is 0 Å². The predicted molar refractivity (Wildman–Crippen MR) is 122 cm³/mol. The predicted octanol–water partition coefficient (Wildman–Crippen LogP) is 5.60. The quantitative estimate of drug-likeness (QED) is 0.595. The second-order valence-corrected chi connectivity index (χ2v) is 8.64. The van der Waals surface area contributed by atoms with Crippen molar-refractivity contribution in [2.75, 3.05) is 6.61 Å². The van der Waals surface area contributed by atoms with Gasteiger partial charge in [0.2, 0.25) is 0 Å². The van der Waals surface area contributed by atoms with E-state index in [0.29, 0.717) is 40.6 Å². The summed E-state index contributed by atoms with van der Waals surface area (Å²) in [7, 11) is 0. The molecule has 2 unspecified atom stereocenters. The lowest BCUT2D eigenvalue weighted by Gasteiger charge is -2.38. The molecule has 0 bridgehead atoms. The van der Waals surface area contributed by atoms with Crippen LogP contribution in [0, 0.1) is 5.92 Å². The Balaban J connectivity index is 1.66. The highest BCUT2D eigenvalue weighted by Gasteiger charge is 2.43. The van der Waals surface area contributed by atoms with E-state index in [9.17, 15) is 9.59 Å². The van der Waals surface area contributed by atoms with E-state index < -0.39 is 17.8 Å². The molecule has 2 aliphatic rings. The number of allylic oxidation sites excluding steroid dienone is 3. The van der Waals surface area contributed by atoms with Crippen molar-refractivity contribution in [1.82, 2.24) is 5.32 Å². The van der Waals surface area contributed by atoms with E-state index in [2.05, 4.69) is 5.32 Å². The highest BCUT2D eigenvalue weighted by Crippen LogP contribution is 2.44. The van der Waals surface area contributed by atoms with Gasteiger partial charge in [0, 0.05) is 30.2 Å². The number of hydrogen-bond acceptors (Lipinski definition) is 4. The van der Waals surface area contributed by atoms with Gasteiger partial charge in [-0.2, -0.15) is 0 Å². The van der Waals surface area contributed by atoms with Crippen molar-refractivity contribution in [2.45, 2.75) is 32.1 Å². The van der Waals surface area contributed by atoms with Crippen LogP contribution < -0.4 is 5.32 Å². The monoisotopic (exact) mass is 455 g/mol. The van der Waals surface area contributed by atoms with Crippen LogP contribution in [-0.4, -0.2) is 18.4 Å². The maximum atomic E-state index is 13.2. The lowest BCUT2D eigenvalue weighted by atomic mass is 9.71. The number of carbonyl (C=O) groups excluding carboxylic acids is 2. The van der Waals surface area contributed by atoms with Crippen molar-refractivity contribution in [1.29, 1.82) is 0 Å². The summed E-state index contributed by atoms with van der Waals surface area (Å²) >= 11 is 12.4. The fraction of sp³-hybridized carbons (Fsp3) is 0.280. The van der Waals surface area contributed by atoms with E-state index in [1.807, 2.05) is 49.4 Å². The summed E-state index contributed by atoms with van der Waals surface area (Å²) in [6, 6.07) is 15.1. The van der Waals surface area contributed by atoms with Crippen LogP contribution in [0.4, 0.5) is 0 Å². The van der Waals surface area contributed by atoms with Gasteiger partial charge in [-0.15, -0.1) is 0 Å². The summed E-state index contributed by atoms with van der Waals surface area (Å²) in [5.41, 5.74) is 3.86. The second-order valence-electron chi connectivity index (χ2n) is 7.83. The van der Waals surface area contributed by atoms with E-state index in [1.54, 1.807) is 12.1 Å². The Morgan fingerprint density at radius 1 is 1.10 bits per heavy atom. The Labute approximate surface area is 191 Å². The molecule has 160 valence electrons. The SMILES string of the molecule is CC1=C(C(=O)OCCc2ccccc2)C(c2ccc(Cl)c(Cl)c2)C2C(=O)CCC=C2N1. The number of Topliss-reactive ketones (excluding diaryl/α,β-unsaturated/α-hetero) is 1. The third kappa shape index (κ3) is 4.56. The van der Waals surface area contributed by atoms with Gasteiger partial charge in [-0.1, -0.05) is 65.7 Å². The molecule has 2 aromatic rings. The lowest BCUT2D eigenvalue weighted by Crippen LogP contribution is -2.40. The fourth-order valence-corrected chi connectivity index (χ4v) is 4.64. The van der Waals surface area contributed by atoms with Crippen molar-refractivity contribution < 1.29 is 14.3 Å². The Morgan fingerprint density at radius 3 is 2.61 bits per heavy atom. The standard InChI is InChI=1S/C25H23Cl2NO3/c1-15-22(25(30)31-13-12-16-6-3-2-4-7-16)23(17-10-11-18(26)19(27)14-17)24-20(28-15)8-5-9-21(24)29/h2-4,6-8,10-11,14,23-24,28H,5,9,12-13H2,1H3. The van der Waals surface area contributed by atoms with Crippen LogP contribution in [0.2, 0.25) is 10.0 Å². The van der Waals surface area contributed by atoms with Gasteiger partial charge in [0.05, 0.1) is 28.1 Å². The summed E-state index contributed by atoms with van der Waals surface area (Å²) in [6.07, 6.45) is 3.80. The zero-order valence-corrected chi connectivity index (χ0v) is 18.7. The van der Waals surface area contributed by atoms with Gasteiger partial charge in [0.15, 0.2) is 0 Å². The first-order valence-electron chi connectivity index (χ1n) is 10.3. The second kappa shape index (κ2) is 9.29. The van der Waals surface area contributed by atoms with Gasteiger partial charge in [-0.25, -0.2) is 4.79 Å². The van der Waals surface area contributed by atoms with E-state index in [0.717, 1.165) is 16.8 Å². The highest BCUT2D eigenvalue weighted by atomic mass is 35.5. The molecule has 0 spiro atoms. The minimum atomic E-state index is -0.473. The van der Waals surface area contributed by atoms with Gasteiger partial charge < -0.3 is 10.1 Å². The number of rotatable bonds is 5. The normalized spacial score (nSPS) is 20.6. The first-order chi connectivity index (χ1) is 15.0. The van der Waals surface area contributed by atoms with Crippen LogP contribution >= 0.6 is 23.2 Å². The summed E-state index contributed by atoms with van der Waals surface area (Å²) < 4.78 is 5.65. The largest absolute Gasteiger partial charge is 0.462 e. The molecule has 4 nitrogen and oxygen atoms in total. The molecule has 1 heterocycles. The Morgan fingerprint density at radius 2 is 1.87 bits per heavy atom. The molecule has 1 aliphatic heterocycles. The number of ether oxygens (including phenoxy) is 1. The smallest absolute Gasteiger partial charge is 0.336 e. The van der Waals surface area contributed by atoms with E-state index >= 15 is 0 Å². The van der Waals surface area contributed by atoms with E-state index in [1.165, 1.54) is 0 Å². The number of fused-ring (bicyclic) bond motifs is 1. The number of nitrogens with one attached hydrogen (secondary N) is 1. The van der Waals surface area contributed by atoms with Crippen LogP contribution in [0.3, 0.4) is 0 Å². The first-order valence-corrected chi connectivity index (χ1v) is 11.1. The average Bonchev–Trinajstić information content (AvgIpc) is 2.75. The number of halogens is 2. The van der Waals surface area contributed by atoms with Crippen LogP contribution in [0.25, 0.3) is 0 Å². The van der Waals surface area contributed by atoms with Crippen molar-refractivity contribution in [3.05, 3.63) is 92.7 Å². The van der Waals surface area contributed by atoms with E-state index in [-0.39, 0.29) is 12.4 Å². The molecule has 2 atom stereocenters. The number of esters is 1.